The fraction of sp³-hybridized carbons (Fsp3) is 0.400. The molecular formula is C20H26. The van der Waals surface area contributed by atoms with Gasteiger partial charge < -0.3 is 0 Å². The number of hydrogen-bond donors (Lipinski definition) is 0. The predicted molar refractivity (Wildman–Crippen MR) is 91.0 cm³/mol. The summed E-state index contributed by atoms with van der Waals surface area (Å²) in [6.07, 6.45) is 16.1. The molecule has 3 aliphatic carbocycles. The molecule has 106 valence electrons. The summed E-state index contributed by atoms with van der Waals surface area (Å²) in [7, 11) is 0. The van der Waals surface area contributed by atoms with Crippen LogP contribution in [0.5, 0.6) is 0 Å². The first kappa shape index (κ1) is 14.8. The van der Waals surface area contributed by atoms with Crippen LogP contribution in [0.15, 0.2) is 30.4 Å². The zero-order valence-electron chi connectivity index (χ0n) is 13.2. The normalized spacial score (nSPS) is 23.0. The Hall–Kier alpha value is -1.56. The van der Waals surface area contributed by atoms with Gasteiger partial charge in [0.15, 0.2) is 0 Å². The minimum absolute atomic E-state index is 0.829. The standard InChI is InChI=1S/C16H14.2C2H6/c1-2-4-11-8-13-6-7-14-10-16(14)15(13)9-12(11)5-3-1;2*1-2/h1-2,4-9,14,16H,3,10H2;2*1-2H3. The van der Waals surface area contributed by atoms with Gasteiger partial charge in [-0.1, -0.05) is 70.2 Å². The Morgan fingerprint density at radius 3 is 2.60 bits per heavy atom. The SMILES string of the molecule is C1=CCC=c2cc3c(cc2=C1)C=CC1CC31.CC.CC. The van der Waals surface area contributed by atoms with E-state index in [0.717, 1.165) is 18.3 Å². The van der Waals surface area contributed by atoms with Crippen molar-refractivity contribution >= 4 is 18.2 Å². The van der Waals surface area contributed by atoms with E-state index in [1.807, 2.05) is 27.7 Å². The van der Waals surface area contributed by atoms with Crippen molar-refractivity contribution in [3.63, 3.8) is 0 Å². The summed E-state index contributed by atoms with van der Waals surface area (Å²) < 4.78 is 0. The Balaban J connectivity index is 0.000000340. The highest BCUT2D eigenvalue weighted by Gasteiger charge is 2.39. The van der Waals surface area contributed by atoms with E-state index in [1.54, 1.807) is 5.56 Å². The number of rotatable bonds is 0. The first-order valence-corrected chi connectivity index (χ1v) is 8.11. The molecule has 0 nitrogen and oxygen atoms in total. The quantitative estimate of drug-likeness (QED) is 0.653. The molecule has 4 rings (SSSR count). The molecule has 0 saturated heterocycles. The molecule has 0 amide bonds. The van der Waals surface area contributed by atoms with Gasteiger partial charge in [0.2, 0.25) is 0 Å². The van der Waals surface area contributed by atoms with Gasteiger partial charge in [0.25, 0.3) is 0 Å². The van der Waals surface area contributed by atoms with Crippen molar-refractivity contribution in [3.8, 4) is 0 Å². The summed E-state index contributed by atoms with van der Waals surface area (Å²) in [5, 5.41) is 2.79. The van der Waals surface area contributed by atoms with Crippen molar-refractivity contribution in [2.45, 2.75) is 46.5 Å². The number of allylic oxidation sites excluding steroid dienone is 3. The minimum Gasteiger partial charge on any atom is -0.0807 e. The molecule has 0 heterocycles. The van der Waals surface area contributed by atoms with Gasteiger partial charge in [-0.3, -0.25) is 0 Å². The second-order valence-electron chi connectivity index (χ2n) is 5.01. The van der Waals surface area contributed by atoms with E-state index < -0.39 is 0 Å². The molecule has 3 aliphatic rings. The van der Waals surface area contributed by atoms with Crippen molar-refractivity contribution in [1.82, 2.24) is 0 Å². The lowest BCUT2D eigenvalue weighted by Crippen LogP contribution is -2.25. The Labute approximate surface area is 123 Å². The fourth-order valence-corrected chi connectivity index (χ4v) is 2.91. The van der Waals surface area contributed by atoms with Crippen LogP contribution < -0.4 is 10.4 Å². The zero-order valence-corrected chi connectivity index (χ0v) is 13.2. The van der Waals surface area contributed by atoms with Gasteiger partial charge in [-0.25, -0.2) is 0 Å². The third-order valence-electron chi connectivity index (χ3n) is 3.94. The number of hydrogen-bond acceptors (Lipinski definition) is 0. The molecule has 1 fully saturated rings. The molecule has 2 atom stereocenters. The third kappa shape index (κ3) is 2.80. The van der Waals surface area contributed by atoms with E-state index in [2.05, 4.69) is 48.6 Å². The van der Waals surface area contributed by atoms with Crippen LogP contribution in [0.3, 0.4) is 0 Å². The second-order valence-corrected chi connectivity index (χ2v) is 5.01. The topological polar surface area (TPSA) is 0 Å². The van der Waals surface area contributed by atoms with Crippen LogP contribution >= 0.6 is 0 Å². The molecule has 1 aromatic carbocycles. The highest BCUT2D eigenvalue weighted by atomic mass is 14.4. The molecule has 2 unspecified atom stereocenters. The maximum absolute atomic E-state index is 2.42. The van der Waals surface area contributed by atoms with E-state index in [1.165, 1.54) is 22.4 Å². The fourth-order valence-electron chi connectivity index (χ4n) is 2.91. The number of benzene rings is 1. The number of fused-ring (bicyclic) bond motifs is 4. The molecule has 0 bridgehead atoms. The van der Waals surface area contributed by atoms with Gasteiger partial charge in [0, 0.05) is 0 Å². The highest BCUT2D eigenvalue weighted by Crippen LogP contribution is 2.51. The van der Waals surface area contributed by atoms with Gasteiger partial charge in [-0.15, -0.1) is 0 Å². The lowest BCUT2D eigenvalue weighted by molar-refractivity contribution is 0.992. The molecule has 0 spiro atoms. The second kappa shape index (κ2) is 6.74. The van der Waals surface area contributed by atoms with Gasteiger partial charge >= 0.3 is 0 Å². The predicted octanol–water partition coefficient (Wildman–Crippen LogP) is 4.39. The van der Waals surface area contributed by atoms with Crippen LogP contribution in [-0.4, -0.2) is 0 Å². The van der Waals surface area contributed by atoms with Crippen molar-refractivity contribution in [3.05, 3.63) is 51.9 Å². The summed E-state index contributed by atoms with van der Waals surface area (Å²) in [5.74, 6) is 1.67. The summed E-state index contributed by atoms with van der Waals surface area (Å²) in [6, 6.07) is 4.77. The summed E-state index contributed by atoms with van der Waals surface area (Å²) in [5.41, 5.74) is 3.02. The van der Waals surface area contributed by atoms with Gasteiger partial charge in [0.1, 0.15) is 0 Å². The molecule has 1 saturated carbocycles. The maximum atomic E-state index is 2.42. The average Bonchev–Trinajstić information content (AvgIpc) is 3.32. The summed E-state index contributed by atoms with van der Waals surface area (Å²) in [4.78, 5) is 0. The van der Waals surface area contributed by atoms with E-state index >= 15 is 0 Å². The largest absolute Gasteiger partial charge is 0.0807 e. The van der Waals surface area contributed by atoms with Crippen molar-refractivity contribution in [1.29, 1.82) is 0 Å². The Kier molecular flexibility index (Phi) is 5.00. The minimum atomic E-state index is 0.829. The monoisotopic (exact) mass is 266 g/mol. The van der Waals surface area contributed by atoms with E-state index in [9.17, 15) is 0 Å². The maximum Gasteiger partial charge on any atom is -0.00867 e. The van der Waals surface area contributed by atoms with Crippen molar-refractivity contribution in [2.24, 2.45) is 5.92 Å². The molecular weight excluding hydrogens is 240 g/mol. The summed E-state index contributed by atoms with van der Waals surface area (Å²) in [6.45, 7) is 8.00. The first-order valence-electron chi connectivity index (χ1n) is 8.11. The van der Waals surface area contributed by atoms with Crippen molar-refractivity contribution in [2.75, 3.05) is 0 Å². The van der Waals surface area contributed by atoms with E-state index in [-0.39, 0.29) is 0 Å². The zero-order chi connectivity index (χ0) is 14.5. The highest BCUT2D eigenvalue weighted by molar-refractivity contribution is 5.63. The van der Waals surface area contributed by atoms with Crippen LogP contribution in [0.25, 0.3) is 18.2 Å². The summed E-state index contributed by atoms with van der Waals surface area (Å²) >= 11 is 0. The lowest BCUT2D eigenvalue weighted by atomic mass is 9.95. The molecule has 1 aromatic rings. The van der Waals surface area contributed by atoms with Gasteiger partial charge in [0.05, 0.1) is 0 Å². The van der Waals surface area contributed by atoms with Gasteiger partial charge in [-0.05, 0) is 52.3 Å². The van der Waals surface area contributed by atoms with Crippen LogP contribution in [-0.2, 0) is 0 Å². The van der Waals surface area contributed by atoms with E-state index in [0.29, 0.717) is 0 Å². The molecule has 20 heavy (non-hydrogen) atoms. The van der Waals surface area contributed by atoms with E-state index in [4.69, 9.17) is 0 Å². The Bertz CT molecular complexity index is 629. The molecule has 0 aromatic heterocycles. The van der Waals surface area contributed by atoms with Crippen LogP contribution in [0.2, 0.25) is 0 Å². The molecule has 0 radical (unpaired) electrons. The average molecular weight is 266 g/mol. The third-order valence-corrected chi connectivity index (χ3v) is 3.94. The van der Waals surface area contributed by atoms with Crippen LogP contribution in [0, 0.1) is 5.92 Å². The lowest BCUT2D eigenvalue weighted by Gasteiger charge is -2.09. The molecule has 0 aliphatic heterocycles. The van der Waals surface area contributed by atoms with Crippen molar-refractivity contribution < 1.29 is 0 Å². The Morgan fingerprint density at radius 1 is 1.00 bits per heavy atom. The van der Waals surface area contributed by atoms with Gasteiger partial charge in [-0.2, -0.15) is 0 Å². The van der Waals surface area contributed by atoms with Crippen LogP contribution in [0.1, 0.15) is 57.6 Å². The smallest absolute Gasteiger partial charge is 0.00867 e. The van der Waals surface area contributed by atoms with Crippen LogP contribution in [0.4, 0.5) is 0 Å². The first-order chi connectivity index (χ1) is 9.92. The molecule has 0 heteroatoms. The Morgan fingerprint density at radius 2 is 1.80 bits per heavy atom. The molecule has 0 N–H and O–H groups in total.